The molecular formula is C34H37N7O4S4. The molecule has 5 aromatic rings. The van der Waals surface area contributed by atoms with Gasteiger partial charge in [-0.15, -0.1) is 11.3 Å². The summed E-state index contributed by atoms with van der Waals surface area (Å²) in [6.07, 6.45) is 5.41. The lowest BCUT2D eigenvalue weighted by molar-refractivity contribution is 0.275. The largest absolute Gasteiger partial charge is 0.324 e. The molecule has 2 atom stereocenters. The van der Waals surface area contributed by atoms with Crippen LogP contribution < -0.4 is 10.9 Å². The molecule has 2 fully saturated rings. The molecule has 2 saturated heterocycles. The summed E-state index contributed by atoms with van der Waals surface area (Å²) in [4.78, 5) is 30.8. The van der Waals surface area contributed by atoms with Crippen LogP contribution in [0, 0.1) is 0 Å². The van der Waals surface area contributed by atoms with E-state index in [1.165, 1.54) is 27.5 Å². The second-order valence-corrected chi connectivity index (χ2v) is 19.2. The molecule has 5 heterocycles. The first-order chi connectivity index (χ1) is 23.5. The summed E-state index contributed by atoms with van der Waals surface area (Å²) in [6, 6.07) is 16.9. The number of nitrogens with one attached hydrogen (secondary N) is 1. The number of rotatable bonds is 8. The van der Waals surface area contributed by atoms with Gasteiger partial charge in [-0.3, -0.25) is 18.6 Å². The minimum absolute atomic E-state index is 0.236. The number of sulfonamides is 1. The zero-order chi connectivity index (χ0) is 34.3. The number of benzene rings is 2. The Morgan fingerprint density at radius 2 is 1.71 bits per heavy atom. The number of aromatic nitrogens is 4. The Kier molecular flexibility index (Phi) is 9.41. The van der Waals surface area contributed by atoms with Crippen LogP contribution in [0.15, 0.2) is 86.4 Å². The van der Waals surface area contributed by atoms with Gasteiger partial charge in [0.05, 0.1) is 18.0 Å². The Morgan fingerprint density at radius 3 is 2.37 bits per heavy atom. The summed E-state index contributed by atoms with van der Waals surface area (Å²) in [5, 5.41) is 4.42. The van der Waals surface area contributed by atoms with Crippen molar-refractivity contribution in [1.82, 2.24) is 28.7 Å². The van der Waals surface area contributed by atoms with E-state index < -0.39 is 19.5 Å². The van der Waals surface area contributed by atoms with Crippen LogP contribution >= 0.6 is 23.1 Å². The van der Waals surface area contributed by atoms with Gasteiger partial charge in [0.25, 0.3) is 5.56 Å². The number of pyridine rings is 1. The SMILES string of the molecule is C=S(=O)(c1ccc(-c2cc3cnc(Nc4ccc(C5CN(C)CCS5)cc4)nc3n(C3CCN(S(C)(=O)=O)CC3)c2=O)cc1)c1cncs1. The number of nitrogens with zero attached hydrogens (tertiary/aromatic N) is 6. The zero-order valence-corrected chi connectivity index (χ0v) is 30.5. The normalized spacial score (nSPS) is 19.5. The van der Waals surface area contributed by atoms with Gasteiger partial charge in [0.2, 0.25) is 16.0 Å². The molecular weight excluding hydrogens is 699 g/mol. The molecule has 0 spiro atoms. The highest BCUT2D eigenvalue weighted by atomic mass is 32.2. The van der Waals surface area contributed by atoms with E-state index in [2.05, 4.69) is 45.2 Å². The highest BCUT2D eigenvalue weighted by Gasteiger charge is 2.29. The molecule has 11 nitrogen and oxygen atoms in total. The molecule has 15 heteroatoms. The van der Waals surface area contributed by atoms with Crippen molar-refractivity contribution in [2.24, 2.45) is 0 Å². The van der Waals surface area contributed by atoms with E-state index in [0.717, 1.165) is 24.5 Å². The Balaban J connectivity index is 1.24. The quantitative estimate of drug-likeness (QED) is 0.215. The first-order valence-corrected chi connectivity index (χ1v) is 21.4. The average molecular weight is 736 g/mol. The first-order valence-electron chi connectivity index (χ1n) is 15.9. The van der Waals surface area contributed by atoms with Crippen molar-refractivity contribution < 1.29 is 12.6 Å². The topological polar surface area (TPSA) is 130 Å². The molecule has 2 aliphatic heterocycles. The van der Waals surface area contributed by atoms with E-state index in [-0.39, 0.29) is 11.6 Å². The van der Waals surface area contributed by atoms with Crippen molar-refractivity contribution >= 4 is 71.2 Å². The van der Waals surface area contributed by atoms with E-state index in [4.69, 9.17) is 4.98 Å². The van der Waals surface area contributed by atoms with E-state index >= 15 is 0 Å². The predicted molar refractivity (Wildman–Crippen MR) is 200 cm³/mol. The lowest BCUT2D eigenvalue weighted by atomic mass is 10.0. The fourth-order valence-electron chi connectivity index (χ4n) is 6.39. The van der Waals surface area contributed by atoms with Crippen molar-refractivity contribution in [2.75, 3.05) is 50.6 Å². The second kappa shape index (κ2) is 13.6. The average Bonchev–Trinajstić information content (AvgIpc) is 3.65. The highest BCUT2D eigenvalue weighted by molar-refractivity contribution is 8.02. The van der Waals surface area contributed by atoms with Crippen molar-refractivity contribution in [3.63, 3.8) is 0 Å². The van der Waals surface area contributed by atoms with Crippen molar-refractivity contribution in [1.29, 1.82) is 0 Å². The smallest absolute Gasteiger partial charge is 0.260 e. The molecule has 2 unspecified atom stereocenters. The van der Waals surface area contributed by atoms with Crippen LogP contribution in [-0.4, -0.2) is 92.5 Å². The summed E-state index contributed by atoms with van der Waals surface area (Å²) >= 11 is 3.27. The van der Waals surface area contributed by atoms with Gasteiger partial charge >= 0.3 is 0 Å². The van der Waals surface area contributed by atoms with Gasteiger partial charge in [-0.1, -0.05) is 24.3 Å². The Labute approximate surface area is 294 Å². The van der Waals surface area contributed by atoms with Gasteiger partial charge in [0, 0.05) is 80.5 Å². The van der Waals surface area contributed by atoms with Gasteiger partial charge in [-0.2, -0.15) is 16.7 Å². The van der Waals surface area contributed by atoms with Crippen molar-refractivity contribution in [3.05, 3.63) is 88.4 Å². The Morgan fingerprint density at radius 1 is 0.980 bits per heavy atom. The van der Waals surface area contributed by atoms with Crippen molar-refractivity contribution in [2.45, 2.75) is 33.2 Å². The summed E-state index contributed by atoms with van der Waals surface area (Å²) in [5.41, 5.74) is 5.08. The number of hydrogen-bond acceptors (Lipinski definition) is 11. The Hall–Kier alpha value is -3.60. The molecule has 49 heavy (non-hydrogen) atoms. The molecule has 256 valence electrons. The summed E-state index contributed by atoms with van der Waals surface area (Å²) < 4.78 is 41.7. The number of likely N-dealkylation sites (N-methyl/N-ethyl adjacent to an activating group) is 1. The minimum Gasteiger partial charge on any atom is -0.324 e. The predicted octanol–water partition coefficient (Wildman–Crippen LogP) is 5.11. The summed E-state index contributed by atoms with van der Waals surface area (Å²) in [6.45, 7) is 2.73. The number of thioether (sulfide) groups is 1. The fourth-order valence-corrected chi connectivity index (χ4v) is 11.1. The van der Waals surface area contributed by atoms with E-state index in [0.29, 0.717) is 68.4 Å². The van der Waals surface area contributed by atoms with E-state index in [1.807, 2.05) is 23.9 Å². The molecule has 2 aliphatic rings. The van der Waals surface area contributed by atoms with Crippen LogP contribution in [0.1, 0.15) is 29.7 Å². The zero-order valence-electron chi connectivity index (χ0n) is 27.2. The number of hydrogen-bond donors (Lipinski definition) is 1. The maximum atomic E-state index is 14.4. The van der Waals surface area contributed by atoms with Crippen LogP contribution in [0.2, 0.25) is 0 Å². The third kappa shape index (κ3) is 7.05. The molecule has 7 rings (SSSR count). The van der Waals surface area contributed by atoms with Crippen molar-refractivity contribution in [3.8, 4) is 11.1 Å². The van der Waals surface area contributed by atoms with Gasteiger partial charge in [0.15, 0.2) is 0 Å². The van der Waals surface area contributed by atoms with E-state index in [9.17, 15) is 17.4 Å². The van der Waals surface area contributed by atoms with Crippen LogP contribution in [0.5, 0.6) is 0 Å². The summed E-state index contributed by atoms with van der Waals surface area (Å²) in [5.74, 6) is 5.44. The molecule has 2 aromatic carbocycles. The Bertz CT molecular complexity index is 2250. The lowest BCUT2D eigenvalue weighted by Crippen LogP contribution is -2.40. The molecule has 0 radical (unpaired) electrons. The second-order valence-electron chi connectivity index (χ2n) is 12.5. The van der Waals surface area contributed by atoms with Crippen LogP contribution in [-0.2, 0) is 19.5 Å². The maximum Gasteiger partial charge on any atom is 0.260 e. The number of thiazole rings is 1. The van der Waals surface area contributed by atoms with Gasteiger partial charge in [-0.05, 0) is 67.2 Å². The minimum atomic E-state index is -3.35. The molecule has 0 bridgehead atoms. The first kappa shape index (κ1) is 33.9. The molecule has 3 aromatic heterocycles. The van der Waals surface area contributed by atoms with Crippen LogP contribution in [0.4, 0.5) is 11.6 Å². The standard InChI is InChI=1S/C34H37N7O4S4/c1-39-16-17-46-30(21-39)24-4-8-26(9-5-24)37-34-36-19-25-18-29(23-6-10-28(11-7-23)48(2,43)31-20-35-22-47-31)33(42)41(32(25)38-34)27-12-14-40(15-13-27)49(3,44)45/h4-11,18-20,22,27,30H,2,12-17,21H2,1,3H3,(H,36,37,38). The monoisotopic (exact) mass is 735 g/mol. The molecule has 0 saturated carbocycles. The van der Waals surface area contributed by atoms with Crippen LogP contribution in [0.25, 0.3) is 22.2 Å². The number of fused-ring (bicyclic) bond motifs is 1. The third-order valence-corrected chi connectivity index (χ3v) is 15.1. The number of anilines is 2. The molecule has 1 N–H and O–H groups in total. The molecule has 0 aliphatic carbocycles. The third-order valence-electron chi connectivity index (χ3n) is 9.12. The van der Waals surface area contributed by atoms with Gasteiger partial charge < -0.3 is 10.2 Å². The van der Waals surface area contributed by atoms with Gasteiger partial charge in [-0.25, -0.2) is 17.7 Å². The highest BCUT2D eigenvalue weighted by Crippen LogP contribution is 2.34. The lowest BCUT2D eigenvalue weighted by Gasteiger charge is -2.32. The molecule has 0 amide bonds. The maximum absolute atomic E-state index is 14.4. The van der Waals surface area contributed by atoms with Gasteiger partial charge in [0.1, 0.15) is 9.86 Å². The fraction of sp³-hybridized carbons (Fsp3) is 0.324. The summed E-state index contributed by atoms with van der Waals surface area (Å²) in [7, 11) is -3.93. The van der Waals surface area contributed by atoms with Crippen LogP contribution in [0.3, 0.4) is 0 Å². The van der Waals surface area contributed by atoms with E-state index in [1.54, 1.807) is 52.8 Å². The number of piperidine rings is 1.